The minimum Gasteiger partial charge on any atom is -0.323 e. The van der Waals surface area contributed by atoms with Crippen LogP contribution < -0.4 is 11.3 Å². The fraction of sp³-hybridized carbons (Fsp3) is 0.357. The van der Waals surface area contributed by atoms with Gasteiger partial charge in [-0.1, -0.05) is 26.3 Å². The SMILES string of the molecule is CCCc1cc(NN)c2cc(CC)ccc2n1. The molecule has 0 atom stereocenters. The number of nitrogens with two attached hydrogens (primary N) is 1. The molecule has 0 aliphatic rings. The van der Waals surface area contributed by atoms with Crippen molar-refractivity contribution in [1.29, 1.82) is 0 Å². The number of nitrogen functional groups attached to an aromatic ring is 1. The van der Waals surface area contributed by atoms with Crippen LogP contribution in [0.2, 0.25) is 0 Å². The predicted molar refractivity (Wildman–Crippen MR) is 72.9 cm³/mol. The van der Waals surface area contributed by atoms with Crippen LogP contribution in [0.5, 0.6) is 0 Å². The van der Waals surface area contributed by atoms with Gasteiger partial charge in [0.1, 0.15) is 0 Å². The van der Waals surface area contributed by atoms with Crippen molar-refractivity contribution in [1.82, 2.24) is 4.98 Å². The summed E-state index contributed by atoms with van der Waals surface area (Å²) in [5.74, 6) is 5.59. The monoisotopic (exact) mass is 229 g/mol. The number of hydrogen-bond donors (Lipinski definition) is 2. The zero-order valence-electron chi connectivity index (χ0n) is 10.5. The average Bonchev–Trinajstić information content (AvgIpc) is 2.37. The molecule has 2 rings (SSSR count). The molecule has 3 nitrogen and oxygen atoms in total. The van der Waals surface area contributed by atoms with Crippen molar-refractivity contribution in [3.8, 4) is 0 Å². The normalized spacial score (nSPS) is 10.8. The topological polar surface area (TPSA) is 50.9 Å². The number of aromatic nitrogens is 1. The fourth-order valence-corrected chi connectivity index (χ4v) is 2.05. The molecule has 3 heteroatoms. The predicted octanol–water partition coefficient (Wildman–Crippen LogP) is 3.04. The minimum absolute atomic E-state index is 0.966. The molecule has 0 aliphatic carbocycles. The Morgan fingerprint density at radius 3 is 2.71 bits per heavy atom. The van der Waals surface area contributed by atoms with E-state index >= 15 is 0 Å². The standard InChI is InChI=1S/C14H19N3/c1-3-5-11-9-14(17-15)12-8-10(4-2)6-7-13(12)16-11/h6-9H,3-5,15H2,1-2H3,(H,16,17). The van der Waals surface area contributed by atoms with Crippen molar-refractivity contribution >= 4 is 16.6 Å². The van der Waals surface area contributed by atoms with Crippen LogP contribution >= 0.6 is 0 Å². The third-order valence-electron chi connectivity index (χ3n) is 3.00. The van der Waals surface area contributed by atoms with Gasteiger partial charge in [0, 0.05) is 11.1 Å². The van der Waals surface area contributed by atoms with Gasteiger partial charge in [0.2, 0.25) is 0 Å². The van der Waals surface area contributed by atoms with Gasteiger partial charge in [-0.25, -0.2) is 0 Å². The van der Waals surface area contributed by atoms with E-state index in [2.05, 4.69) is 42.5 Å². The van der Waals surface area contributed by atoms with Crippen molar-refractivity contribution in [3.05, 3.63) is 35.5 Å². The molecule has 1 aromatic heterocycles. The molecule has 0 saturated heterocycles. The van der Waals surface area contributed by atoms with E-state index in [0.29, 0.717) is 0 Å². The lowest BCUT2D eigenvalue weighted by molar-refractivity contribution is 0.890. The zero-order chi connectivity index (χ0) is 12.3. The smallest absolute Gasteiger partial charge is 0.0726 e. The number of hydrogen-bond acceptors (Lipinski definition) is 3. The van der Waals surface area contributed by atoms with Crippen LogP contribution in [-0.2, 0) is 12.8 Å². The van der Waals surface area contributed by atoms with E-state index in [1.165, 1.54) is 5.56 Å². The minimum atomic E-state index is 0.966. The third kappa shape index (κ3) is 2.39. The maximum absolute atomic E-state index is 5.59. The molecule has 1 aromatic carbocycles. The first kappa shape index (κ1) is 11.9. The van der Waals surface area contributed by atoms with E-state index in [1.807, 2.05) is 6.07 Å². The second-order valence-electron chi connectivity index (χ2n) is 4.26. The summed E-state index contributed by atoms with van der Waals surface area (Å²) in [5, 5.41) is 1.10. The highest BCUT2D eigenvalue weighted by Gasteiger charge is 2.05. The number of hydrazine groups is 1. The molecule has 0 radical (unpaired) electrons. The molecule has 0 bridgehead atoms. The van der Waals surface area contributed by atoms with Crippen molar-refractivity contribution in [2.45, 2.75) is 33.1 Å². The molecule has 2 aromatic rings. The van der Waals surface area contributed by atoms with Crippen molar-refractivity contribution < 1.29 is 0 Å². The summed E-state index contributed by atoms with van der Waals surface area (Å²) >= 11 is 0. The van der Waals surface area contributed by atoms with E-state index < -0.39 is 0 Å². The number of aryl methyl sites for hydroxylation is 2. The summed E-state index contributed by atoms with van der Waals surface area (Å²) in [4.78, 5) is 4.65. The highest BCUT2D eigenvalue weighted by atomic mass is 15.2. The Balaban J connectivity index is 2.60. The average molecular weight is 229 g/mol. The Hall–Kier alpha value is -1.61. The molecule has 17 heavy (non-hydrogen) atoms. The molecular formula is C14H19N3. The van der Waals surface area contributed by atoms with E-state index in [9.17, 15) is 0 Å². The molecule has 0 unspecified atom stereocenters. The molecule has 0 amide bonds. The lowest BCUT2D eigenvalue weighted by Crippen LogP contribution is -2.08. The number of benzene rings is 1. The van der Waals surface area contributed by atoms with Crippen molar-refractivity contribution in [2.24, 2.45) is 5.84 Å². The Labute approximate surface area is 102 Å². The van der Waals surface area contributed by atoms with Crippen LogP contribution in [0.4, 0.5) is 5.69 Å². The maximum Gasteiger partial charge on any atom is 0.0726 e. The van der Waals surface area contributed by atoms with Gasteiger partial charge < -0.3 is 5.43 Å². The number of pyridine rings is 1. The maximum atomic E-state index is 5.59. The quantitative estimate of drug-likeness (QED) is 0.626. The van der Waals surface area contributed by atoms with Gasteiger partial charge in [-0.15, -0.1) is 0 Å². The van der Waals surface area contributed by atoms with Gasteiger partial charge in [-0.2, -0.15) is 0 Å². The lowest BCUT2D eigenvalue weighted by atomic mass is 10.1. The van der Waals surface area contributed by atoms with E-state index in [4.69, 9.17) is 5.84 Å². The summed E-state index contributed by atoms with van der Waals surface area (Å²) in [5.41, 5.74) is 7.16. The molecule has 0 spiro atoms. The highest BCUT2D eigenvalue weighted by molar-refractivity contribution is 5.91. The summed E-state index contributed by atoms with van der Waals surface area (Å²) in [6.07, 6.45) is 3.10. The summed E-state index contributed by atoms with van der Waals surface area (Å²) in [7, 11) is 0. The summed E-state index contributed by atoms with van der Waals surface area (Å²) in [6, 6.07) is 8.41. The number of nitrogens with zero attached hydrogens (tertiary/aromatic N) is 1. The second-order valence-corrected chi connectivity index (χ2v) is 4.26. The van der Waals surface area contributed by atoms with Crippen LogP contribution in [0.3, 0.4) is 0 Å². The first-order valence-electron chi connectivity index (χ1n) is 6.17. The second kappa shape index (κ2) is 5.15. The molecule has 0 fully saturated rings. The van der Waals surface area contributed by atoms with Crippen LogP contribution in [0.15, 0.2) is 24.3 Å². The number of anilines is 1. The van der Waals surface area contributed by atoms with Gasteiger partial charge in [-0.05, 0) is 36.6 Å². The summed E-state index contributed by atoms with van der Waals surface area (Å²) in [6.45, 7) is 4.30. The molecule has 0 aliphatic heterocycles. The molecule has 3 N–H and O–H groups in total. The molecule has 90 valence electrons. The summed E-state index contributed by atoms with van der Waals surface area (Å²) < 4.78 is 0. The Kier molecular flexibility index (Phi) is 3.59. The lowest BCUT2D eigenvalue weighted by Gasteiger charge is -2.09. The first-order chi connectivity index (χ1) is 8.28. The Morgan fingerprint density at radius 1 is 1.24 bits per heavy atom. The Morgan fingerprint density at radius 2 is 2.06 bits per heavy atom. The molecule has 0 saturated carbocycles. The fourth-order valence-electron chi connectivity index (χ4n) is 2.05. The Bertz CT molecular complexity index is 520. The van der Waals surface area contributed by atoms with Crippen LogP contribution in [0, 0.1) is 0 Å². The van der Waals surface area contributed by atoms with Gasteiger partial charge in [0.25, 0.3) is 0 Å². The van der Waals surface area contributed by atoms with Crippen LogP contribution in [0.1, 0.15) is 31.5 Å². The van der Waals surface area contributed by atoms with Crippen molar-refractivity contribution in [3.63, 3.8) is 0 Å². The van der Waals surface area contributed by atoms with Crippen LogP contribution in [0.25, 0.3) is 10.9 Å². The molecule has 1 heterocycles. The van der Waals surface area contributed by atoms with Gasteiger partial charge in [0.15, 0.2) is 0 Å². The van der Waals surface area contributed by atoms with E-state index in [1.54, 1.807) is 0 Å². The van der Waals surface area contributed by atoms with E-state index in [0.717, 1.165) is 41.5 Å². The highest BCUT2D eigenvalue weighted by Crippen LogP contribution is 2.24. The van der Waals surface area contributed by atoms with Crippen molar-refractivity contribution in [2.75, 3.05) is 5.43 Å². The largest absolute Gasteiger partial charge is 0.323 e. The molecular weight excluding hydrogens is 210 g/mol. The number of nitrogens with one attached hydrogen (secondary N) is 1. The number of rotatable bonds is 4. The zero-order valence-corrected chi connectivity index (χ0v) is 10.5. The van der Waals surface area contributed by atoms with Gasteiger partial charge >= 0.3 is 0 Å². The number of fused-ring (bicyclic) bond motifs is 1. The van der Waals surface area contributed by atoms with Crippen LogP contribution in [-0.4, -0.2) is 4.98 Å². The van der Waals surface area contributed by atoms with E-state index in [-0.39, 0.29) is 0 Å². The van der Waals surface area contributed by atoms with Gasteiger partial charge in [-0.3, -0.25) is 10.8 Å². The van der Waals surface area contributed by atoms with Gasteiger partial charge in [0.05, 0.1) is 11.2 Å². The third-order valence-corrected chi connectivity index (χ3v) is 3.00. The first-order valence-corrected chi connectivity index (χ1v) is 6.17.